The lowest BCUT2D eigenvalue weighted by Crippen LogP contribution is -2.36. The van der Waals surface area contributed by atoms with Gasteiger partial charge in [-0.3, -0.25) is 4.90 Å². The number of rotatable bonds is 4. The first kappa shape index (κ1) is 12.3. The van der Waals surface area contributed by atoms with Crippen molar-refractivity contribution in [2.75, 3.05) is 32.8 Å². The number of morpholine rings is 1. The van der Waals surface area contributed by atoms with E-state index in [1.54, 1.807) is 6.07 Å². The highest BCUT2D eigenvalue weighted by molar-refractivity contribution is 5.28. The second kappa shape index (κ2) is 5.98. The molecule has 0 radical (unpaired) electrons. The van der Waals surface area contributed by atoms with Gasteiger partial charge in [-0.15, -0.1) is 0 Å². The van der Waals surface area contributed by atoms with Crippen molar-refractivity contribution >= 4 is 0 Å². The molecule has 0 aliphatic carbocycles. The average molecular weight is 239 g/mol. The van der Waals surface area contributed by atoms with Gasteiger partial charge in [0.25, 0.3) is 0 Å². The Bertz CT molecular complexity index is 364. The van der Waals surface area contributed by atoms with E-state index in [2.05, 4.69) is 4.90 Å². The van der Waals surface area contributed by atoms with Crippen molar-refractivity contribution in [1.82, 2.24) is 4.90 Å². The Kier molecular flexibility index (Phi) is 4.34. The summed E-state index contributed by atoms with van der Waals surface area (Å²) in [6.45, 7) is 4.63. The lowest BCUT2D eigenvalue weighted by molar-refractivity contribution is 0.0374. The van der Waals surface area contributed by atoms with Crippen molar-refractivity contribution in [2.24, 2.45) is 0 Å². The summed E-state index contributed by atoms with van der Waals surface area (Å²) in [6, 6.07) is 4.60. The summed E-state index contributed by atoms with van der Waals surface area (Å²) in [5, 5.41) is 9.08. The zero-order valence-corrected chi connectivity index (χ0v) is 9.86. The standard InChI is InChI=1S/C13H18FNO2/c14-12-10-11(3-4-13(12)16)2-1-5-15-6-8-17-9-7-15/h3-4,10,16H,1-2,5-9H2. The van der Waals surface area contributed by atoms with Crippen LogP contribution in [0.15, 0.2) is 18.2 Å². The lowest BCUT2D eigenvalue weighted by atomic mass is 10.1. The van der Waals surface area contributed by atoms with Gasteiger partial charge >= 0.3 is 0 Å². The Morgan fingerprint density at radius 1 is 1.29 bits per heavy atom. The highest BCUT2D eigenvalue weighted by Gasteiger charge is 2.09. The molecule has 17 heavy (non-hydrogen) atoms. The maximum atomic E-state index is 13.1. The maximum Gasteiger partial charge on any atom is 0.165 e. The predicted octanol–water partition coefficient (Wildman–Crippen LogP) is 1.80. The number of aryl methyl sites for hydroxylation is 1. The molecule has 1 aromatic rings. The Balaban J connectivity index is 1.75. The third-order valence-corrected chi connectivity index (χ3v) is 3.06. The van der Waals surface area contributed by atoms with E-state index in [0.717, 1.165) is 51.3 Å². The number of halogens is 1. The molecule has 0 aromatic heterocycles. The fourth-order valence-corrected chi connectivity index (χ4v) is 2.04. The second-order valence-electron chi connectivity index (χ2n) is 4.34. The van der Waals surface area contributed by atoms with E-state index >= 15 is 0 Å². The zero-order valence-electron chi connectivity index (χ0n) is 9.86. The number of aromatic hydroxyl groups is 1. The van der Waals surface area contributed by atoms with Gasteiger partial charge in [-0.05, 0) is 37.1 Å². The minimum absolute atomic E-state index is 0.276. The molecule has 1 fully saturated rings. The number of phenolic OH excluding ortho intramolecular Hbond substituents is 1. The van der Waals surface area contributed by atoms with Crippen LogP contribution in [0.5, 0.6) is 5.75 Å². The fraction of sp³-hybridized carbons (Fsp3) is 0.538. The van der Waals surface area contributed by atoms with E-state index in [0.29, 0.717) is 0 Å². The monoisotopic (exact) mass is 239 g/mol. The van der Waals surface area contributed by atoms with Crippen LogP contribution in [0.3, 0.4) is 0 Å². The Labute approximate surface area is 101 Å². The molecule has 0 bridgehead atoms. The predicted molar refractivity (Wildman–Crippen MR) is 63.6 cm³/mol. The van der Waals surface area contributed by atoms with Crippen LogP contribution < -0.4 is 0 Å². The highest BCUT2D eigenvalue weighted by Crippen LogP contribution is 2.17. The summed E-state index contributed by atoms with van der Waals surface area (Å²) in [5.41, 5.74) is 0.938. The normalized spacial score (nSPS) is 17.2. The largest absolute Gasteiger partial charge is 0.505 e. The SMILES string of the molecule is Oc1ccc(CCCN2CCOCC2)cc1F. The van der Waals surface area contributed by atoms with Crippen molar-refractivity contribution in [2.45, 2.75) is 12.8 Å². The van der Waals surface area contributed by atoms with Gasteiger partial charge in [0.05, 0.1) is 13.2 Å². The fourth-order valence-electron chi connectivity index (χ4n) is 2.04. The molecule has 1 aliphatic rings. The average Bonchev–Trinajstić information content (AvgIpc) is 2.35. The van der Waals surface area contributed by atoms with E-state index in [4.69, 9.17) is 9.84 Å². The molecule has 0 spiro atoms. The van der Waals surface area contributed by atoms with Crippen LogP contribution in [0.1, 0.15) is 12.0 Å². The molecule has 3 nitrogen and oxygen atoms in total. The van der Waals surface area contributed by atoms with Gasteiger partial charge in [-0.1, -0.05) is 6.07 Å². The summed E-state index contributed by atoms with van der Waals surface area (Å²) in [6.07, 6.45) is 1.85. The molecular formula is C13H18FNO2. The number of benzene rings is 1. The molecule has 94 valence electrons. The topological polar surface area (TPSA) is 32.7 Å². The van der Waals surface area contributed by atoms with Gasteiger partial charge in [0.1, 0.15) is 0 Å². The van der Waals surface area contributed by atoms with Crippen molar-refractivity contribution in [3.05, 3.63) is 29.6 Å². The van der Waals surface area contributed by atoms with Crippen molar-refractivity contribution < 1.29 is 14.2 Å². The molecule has 1 heterocycles. The van der Waals surface area contributed by atoms with Crippen LogP contribution in [0, 0.1) is 5.82 Å². The molecule has 0 amide bonds. The van der Waals surface area contributed by atoms with Gasteiger partial charge in [0.2, 0.25) is 0 Å². The second-order valence-corrected chi connectivity index (χ2v) is 4.34. The Morgan fingerprint density at radius 2 is 2.06 bits per heavy atom. The molecule has 4 heteroatoms. The van der Waals surface area contributed by atoms with E-state index in [1.807, 2.05) is 0 Å². The number of phenols is 1. The van der Waals surface area contributed by atoms with E-state index in [1.165, 1.54) is 12.1 Å². The first-order valence-electron chi connectivity index (χ1n) is 6.03. The highest BCUT2D eigenvalue weighted by atomic mass is 19.1. The quantitative estimate of drug-likeness (QED) is 0.869. The molecule has 0 atom stereocenters. The van der Waals surface area contributed by atoms with Gasteiger partial charge in [-0.25, -0.2) is 4.39 Å². The molecule has 2 rings (SSSR count). The summed E-state index contributed by atoms with van der Waals surface area (Å²) < 4.78 is 18.4. The van der Waals surface area contributed by atoms with Crippen LogP contribution in [0.4, 0.5) is 4.39 Å². The van der Waals surface area contributed by atoms with E-state index in [-0.39, 0.29) is 5.75 Å². The number of ether oxygens (including phenoxy) is 1. The molecule has 0 unspecified atom stereocenters. The summed E-state index contributed by atoms with van der Waals surface area (Å²) >= 11 is 0. The minimum atomic E-state index is -0.533. The van der Waals surface area contributed by atoms with Crippen LogP contribution in [0.2, 0.25) is 0 Å². The smallest absolute Gasteiger partial charge is 0.165 e. The van der Waals surface area contributed by atoms with Crippen molar-refractivity contribution in [3.63, 3.8) is 0 Å². The number of nitrogens with zero attached hydrogens (tertiary/aromatic N) is 1. The van der Waals surface area contributed by atoms with Crippen LogP contribution >= 0.6 is 0 Å². The van der Waals surface area contributed by atoms with Gasteiger partial charge in [-0.2, -0.15) is 0 Å². The van der Waals surface area contributed by atoms with Crippen LogP contribution in [-0.4, -0.2) is 42.9 Å². The summed E-state index contributed by atoms with van der Waals surface area (Å²) in [5.74, 6) is -0.809. The third-order valence-electron chi connectivity index (χ3n) is 3.06. The molecule has 1 aromatic carbocycles. The number of hydrogen-bond donors (Lipinski definition) is 1. The molecule has 1 saturated heterocycles. The van der Waals surface area contributed by atoms with Crippen molar-refractivity contribution in [3.8, 4) is 5.75 Å². The summed E-state index contributed by atoms with van der Waals surface area (Å²) in [7, 11) is 0. The molecule has 0 saturated carbocycles. The van der Waals surface area contributed by atoms with Gasteiger partial charge < -0.3 is 9.84 Å². The van der Waals surface area contributed by atoms with E-state index in [9.17, 15) is 4.39 Å². The summed E-state index contributed by atoms with van der Waals surface area (Å²) in [4.78, 5) is 2.36. The van der Waals surface area contributed by atoms with Crippen LogP contribution in [0.25, 0.3) is 0 Å². The van der Waals surface area contributed by atoms with Crippen molar-refractivity contribution in [1.29, 1.82) is 0 Å². The first-order chi connectivity index (χ1) is 8.25. The van der Waals surface area contributed by atoms with Gasteiger partial charge in [0, 0.05) is 13.1 Å². The molecular weight excluding hydrogens is 221 g/mol. The van der Waals surface area contributed by atoms with Gasteiger partial charge in [0.15, 0.2) is 11.6 Å². The number of hydrogen-bond acceptors (Lipinski definition) is 3. The Hall–Kier alpha value is -1.13. The zero-order chi connectivity index (χ0) is 12.1. The maximum absolute atomic E-state index is 13.1. The Morgan fingerprint density at radius 3 is 2.76 bits per heavy atom. The molecule has 1 N–H and O–H groups in total. The molecule has 1 aliphatic heterocycles. The van der Waals surface area contributed by atoms with Crippen LogP contribution in [-0.2, 0) is 11.2 Å². The third kappa shape index (κ3) is 3.68. The van der Waals surface area contributed by atoms with E-state index < -0.39 is 5.82 Å². The first-order valence-corrected chi connectivity index (χ1v) is 6.03. The lowest BCUT2D eigenvalue weighted by Gasteiger charge is -2.26. The minimum Gasteiger partial charge on any atom is -0.505 e.